The number of alkyl carbamates (subject to hydrolysis) is 1. The molecular weight excluding hydrogens is 504 g/mol. The fourth-order valence-corrected chi connectivity index (χ4v) is 5.35. The van der Waals surface area contributed by atoms with E-state index in [1.165, 1.54) is 30.3 Å². The molecule has 9 heteroatoms. The summed E-state index contributed by atoms with van der Waals surface area (Å²) in [6.07, 6.45) is -1.16. The van der Waals surface area contributed by atoms with E-state index in [0.717, 1.165) is 16.7 Å². The van der Waals surface area contributed by atoms with Crippen LogP contribution in [0.1, 0.15) is 11.1 Å². The second kappa shape index (κ2) is 11.6. The molecule has 4 rings (SSSR count). The molecule has 0 bridgehead atoms. The van der Waals surface area contributed by atoms with Gasteiger partial charge in [-0.2, -0.15) is 0 Å². The summed E-state index contributed by atoms with van der Waals surface area (Å²) < 4.78 is 31.3. The van der Waals surface area contributed by atoms with Gasteiger partial charge in [0, 0.05) is 6.42 Å². The van der Waals surface area contributed by atoms with Crippen molar-refractivity contribution in [1.29, 1.82) is 0 Å². The van der Waals surface area contributed by atoms with Gasteiger partial charge >= 0.3 is 12.1 Å². The van der Waals surface area contributed by atoms with Crippen molar-refractivity contribution in [3.63, 3.8) is 0 Å². The maximum Gasteiger partial charge on any atom is 0.408 e. The zero-order chi connectivity index (χ0) is 27.1. The summed E-state index contributed by atoms with van der Waals surface area (Å²) >= 11 is 0. The summed E-state index contributed by atoms with van der Waals surface area (Å²) in [6.45, 7) is -0.0554. The van der Waals surface area contributed by atoms with Gasteiger partial charge in [-0.25, -0.2) is 18.0 Å². The Morgan fingerprint density at radius 2 is 1.42 bits per heavy atom. The molecule has 1 unspecified atom stereocenters. The molecule has 0 aliphatic heterocycles. The molecule has 0 saturated heterocycles. The predicted octanol–water partition coefficient (Wildman–Crippen LogP) is 4.69. The van der Waals surface area contributed by atoms with E-state index in [-0.39, 0.29) is 34.1 Å². The van der Waals surface area contributed by atoms with Crippen molar-refractivity contribution in [2.45, 2.75) is 28.9 Å². The van der Waals surface area contributed by atoms with Gasteiger partial charge in [0.15, 0.2) is 0 Å². The topological polar surface area (TPSA) is 136 Å². The highest BCUT2D eigenvalue weighted by Gasteiger charge is 2.26. The lowest BCUT2D eigenvalue weighted by Crippen LogP contribution is -2.42. The number of hydrogen-bond acceptors (Lipinski definition) is 6. The zero-order valence-electron chi connectivity index (χ0n) is 20.3. The number of para-hydroxylation sites is 1. The van der Waals surface area contributed by atoms with Crippen molar-refractivity contribution in [1.82, 2.24) is 5.32 Å². The van der Waals surface area contributed by atoms with Gasteiger partial charge in [-0.15, -0.1) is 0 Å². The highest BCUT2D eigenvalue weighted by molar-refractivity contribution is 7.91. The van der Waals surface area contributed by atoms with Crippen molar-refractivity contribution in [3.8, 4) is 11.1 Å². The Kier molecular flexibility index (Phi) is 8.08. The smallest absolute Gasteiger partial charge is 0.408 e. The molecule has 4 aromatic rings. The average molecular weight is 531 g/mol. The molecule has 4 N–H and O–H groups in total. The second-order valence-corrected chi connectivity index (χ2v) is 10.4. The summed E-state index contributed by atoms with van der Waals surface area (Å²) in [5.41, 5.74) is 9.16. The lowest BCUT2D eigenvalue weighted by Gasteiger charge is -2.17. The van der Waals surface area contributed by atoms with Crippen LogP contribution in [-0.4, -0.2) is 31.6 Å². The SMILES string of the molecule is Nc1c(CC(NC(=O)OCc2ccc(-c3ccccc3)cc2)C(=O)O)cccc1S(=O)(=O)c1ccccc1. The number of rotatable bonds is 9. The number of aliphatic carboxylic acids is 1. The third kappa shape index (κ3) is 6.19. The molecule has 0 saturated carbocycles. The number of nitrogens with two attached hydrogens (primary N) is 1. The molecule has 0 aliphatic rings. The Balaban J connectivity index is 1.41. The Morgan fingerprint density at radius 3 is 2.05 bits per heavy atom. The van der Waals surface area contributed by atoms with Crippen LogP contribution in [0, 0.1) is 0 Å². The minimum Gasteiger partial charge on any atom is -0.480 e. The third-order valence-electron chi connectivity index (χ3n) is 5.94. The maximum atomic E-state index is 13.0. The number of benzene rings is 4. The number of carboxylic acids is 1. The molecule has 1 amide bonds. The number of nitrogen functional groups attached to an aromatic ring is 1. The predicted molar refractivity (Wildman–Crippen MR) is 143 cm³/mol. The minimum atomic E-state index is -3.92. The monoisotopic (exact) mass is 530 g/mol. The van der Waals surface area contributed by atoms with Crippen LogP contribution in [0.25, 0.3) is 11.1 Å². The molecular formula is C29H26N2O6S. The summed E-state index contributed by atoms with van der Waals surface area (Å²) in [5, 5.41) is 12.0. The number of nitrogens with one attached hydrogen (secondary N) is 1. The van der Waals surface area contributed by atoms with Crippen LogP contribution in [0.2, 0.25) is 0 Å². The summed E-state index contributed by atoms with van der Waals surface area (Å²) in [5.74, 6) is -1.31. The molecule has 8 nitrogen and oxygen atoms in total. The lowest BCUT2D eigenvalue weighted by molar-refractivity contribution is -0.139. The Morgan fingerprint density at radius 1 is 0.816 bits per heavy atom. The van der Waals surface area contributed by atoms with E-state index in [1.807, 2.05) is 54.6 Å². The normalized spacial score (nSPS) is 11.9. The molecule has 4 aromatic carbocycles. The lowest BCUT2D eigenvalue weighted by atomic mass is 10.0. The molecule has 0 radical (unpaired) electrons. The Hall–Kier alpha value is -4.63. The van der Waals surface area contributed by atoms with E-state index in [0.29, 0.717) is 0 Å². The van der Waals surface area contributed by atoms with Crippen molar-refractivity contribution in [2.24, 2.45) is 0 Å². The fraction of sp³-hybridized carbons (Fsp3) is 0.103. The second-order valence-electron chi connectivity index (χ2n) is 8.52. The largest absolute Gasteiger partial charge is 0.480 e. The molecule has 0 aliphatic carbocycles. The number of carbonyl (C=O) groups is 2. The number of sulfone groups is 1. The fourth-order valence-electron chi connectivity index (χ4n) is 3.91. The van der Waals surface area contributed by atoms with Gasteiger partial charge in [0.05, 0.1) is 15.5 Å². The van der Waals surface area contributed by atoms with Crippen LogP contribution in [0.15, 0.2) is 113 Å². The van der Waals surface area contributed by atoms with Crippen LogP contribution < -0.4 is 11.1 Å². The standard InChI is InChI=1S/C29H26N2O6S/c30-27-23(10-7-13-26(27)38(35,36)24-11-5-2-6-12-24)18-25(28(32)33)31-29(34)37-19-20-14-16-22(17-15-20)21-8-3-1-4-9-21/h1-17,25H,18-19,30H2,(H,31,34)(H,32,33). The van der Waals surface area contributed by atoms with E-state index in [9.17, 15) is 23.1 Å². The van der Waals surface area contributed by atoms with E-state index in [2.05, 4.69) is 5.32 Å². The number of amides is 1. The average Bonchev–Trinajstić information content (AvgIpc) is 2.93. The first-order valence-electron chi connectivity index (χ1n) is 11.7. The number of carbonyl (C=O) groups excluding carboxylic acids is 1. The van der Waals surface area contributed by atoms with E-state index >= 15 is 0 Å². The van der Waals surface area contributed by atoms with Crippen LogP contribution in [0.3, 0.4) is 0 Å². The van der Waals surface area contributed by atoms with Crippen molar-refractivity contribution < 1.29 is 27.9 Å². The van der Waals surface area contributed by atoms with Crippen LogP contribution in [0.5, 0.6) is 0 Å². The van der Waals surface area contributed by atoms with E-state index < -0.39 is 27.9 Å². The summed E-state index contributed by atoms with van der Waals surface area (Å²) in [7, 11) is -3.92. The molecule has 0 fully saturated rings. The van der Waals surface area contributed by atoms with Gasteiger partial charge in [-0.1, -0.05) is 84.9 Å². The zero-order valence-corrected chi connectivity index (χ0v) is 21.1. The molecule has 0 aromatic heterocycles. The first kappa shape index (κ1) is 26.4. The molecule has 38 heavy (non-hydrogen) atoms. The summed E-state index contributed by atoms with van der Waals surface area (Å²) in [4.78, 5) is 24.2. The molecule has 0 heterocycles. The first-order chi connectivity index (χ1) is 18.3. The molecule has 194 valence electrons. The molecule has 1 atom stereocenters. The van der Waals surface area contributed by atoms with Gasteiger partial charge < -0.3 is 20.9 Å². The Labute approximate surface area is 220 Å². The van der Waals surface area contributed by atoms with E-state index in [4.69, 9.17) is 10.5 Å². The van der Waals surface area contributed by atoms with E-state index in [1.54, 1.807) is 18.2 Å². The van der Waals surface area contributed by atoms with Crippen molar-refractivity contribution >= 4 is 27.6 Å². The summed E-state index contributed by atoms with van der Waals surface area (Å²) in [6, 6.07) is 28.1. The van der Waals surface area contributed by atoms with Crippen LogP contribution >= 0.6 is 0 Å². The number of hydrogen-bond donors (Lipinski definition) is 3. The number of carboxylic acid groups (broad SMARTS) is 1. The highest BCUT2D eigenvalue weighted by Crippen LogP contribution is 2.29. The first-order valence-corrected chi connectivity index (χ1v) is 13.2. The highest BCUT2D eigenvalue weighted by atomic mass is 32.2. The minimum absolute atomic E-state index is 0.0554. The van der Waals surface area contributed by atoms with Gasteiger partial charge in [0.25, 0.3) is 0 Å². The van der Waals surface area contributed by atoms with Crippen molar-refractivity contribution in [2.75, 3.05) is 5.73 Å². The van der Waals surface area contributed by atoms with Gasteiger partial charge in [0.1, 0.15) is 12.6 Å². The van der Waals surface area contributed by atoms with Crippen LogP contribution in [0.4, 0.5) is 10.5 Å². The quantitative estimate of drug-likeness (QED) is 0.267. The molecule has 0 spiro atoms. The number of ether oxygens (including phenoxy) is 1. The van der Waals surface area contributed by atoms with Gasteiger partial charge in [-0.05, 0) is 40.5 Å². The maximum absolute atomic E-state index is 13.0. The third-order valence-corrected chi connectivity index (χ3v) is 7.77. The number of anilines is 1. The van der Waals surface area contributed by atoms with Crippen molar-refractivity contribution in [3.05, 3.63) is 114 Å². The Bertz CT molecular complexity index is 1520. The van der Waals surface area contributed by atoms with Gasteiger partial charge in [0.2, 0.25) is 9.84 Å². The van der Waals surface area contributed by atoms with Crippen LogP contribution in [-0.2, 0) is 32.4 Å². The van der Waals surface area contributed by atoms with Gasteiger partial charge in [-0.3, -0.25) is 0 Å².